The molecule has 15 heavy (non-hydrogen) atoms. The van der Waals surface area contributed by atoms with Crippen molar-refractivity contribution < 1.29 is 14.7 Å². The number of carboxylic acid groups (broad SMARTS) is 1. The van der Waals surface area contributed by atoms with E-state index in [2.05, 4.69) is 0 Å². The minimum atomic E-state index is -1.04. The van der Waals surface area contributed by atoms with E-state index >= 15 is 0 Å². The van der Waals surface area contributed by atoms with Crippen molar-refractivity contribution in [3.8, 4) is 0 Å². The zero-order valence-corrected chi connectivity index (χ0v) is 9.83. The molecule has 1 N–H and O–H groups in total. The van der Waals surface area contributed by atoms with Gasteiger partial charge in [0.25, 0.3) is 0 Å². The SMILES string of the molecule is CCCCN(C)C(=O)C(C)=C(C)C(=O)O. The van der Waals surface area contributed by atoms with Crippen LogP contribution in [-0.2, 0) is 9.59 Å². The summed E-state index contributed by atoms with van der Waals surface area (Å²) in [5, 5.41) is 8.73. The number of carbonyl (C=O) groups is 2. The molecule has 0 heterocycles. The van der Waals surface area contributed by atoms with Gasteiger partial charge in [0.2, 0.25) is 5.91 Å². The van der Waals surface area contributed by atoms with Crippen LogP contribution in [0.15, 0.2) is 11.1 Å². The Morgan fingerprint density at radius 3 is 2.13 bits per heavy atom. The first-order valence-electron chi connectivity index (χ1n) is 5.08. The topological polar surface area (TPSA) is 57.6 Å². The Morgan fingerprint density at radius 1 is 1.20 bits per heavy atom. The zero-order chi connectivity index (χ0) is 12.0. The van der Waals surface area contributed by atoms with Gasteiger partial charge in [-0.1, -0.05) is 13.3 Å². The highest BCUT2D eigenvalue weighted by Gasteiger charge is 2.15. The van der Waals surface area contributed by atoms with Gasteiger partial charge in [-0.05, 0) is 20.3 Å². The zero-order valence-electron chi connectivity index (χ0n) is 9.83. The fourth-order valence-corrected chi connectivity index (χ4v) is 1.10. The second kappa shape index (κ2) is 6.22. The van der Waals surface area contributed by atoms with Crippen molar-refractivity contribution in [1.29, 1.82) is 0 Å². The van der Waals surface area contributed by atoms with E-state index in [0.29, 0.717) is 12.1 Å². The predicted molar refractivity (Wildman–Crippen MR) is 58.6 cm³/mol. The van der Waals surface area contributed by atoms with Crippen LogP contribution in [0.2, 0.25) is 0 Å². The Balaban J connectivity index is 4.57. The number of nitrogens with zero attached hydrogens (tertiary/aromatic N) is 1. The fraction of sp³-hybridized carbons (Fsp3) is 0.636. The third-order valence-corrected chi connectivity index (χ3v) is 2.40. The van der Waals surface area contributed by atoms with E-state index < -0.39 is 5.97 Å². The van der Waals surface area contributed by atoms with E-state index in [1.54, 1.807) is 18.9 Å². The van der Waals surface area contributed by atoms with Gasteiger partial charge in [-0.2, -0.15) is 0 Å². The van der Waals surface area contributed by atoms with Crippen LogP contribution in [0.5, 0.6) is 0 Å². The average Bonchev–Trinajstić information content (AvgIpc) is 2.22. The van der Waals surface area contributed by atoms with Crippen molar-refractivity contribution in [2.45, 2.75) is 33.6 Å². The van der Waals surface area contributed by atoms with Gasteiger partial charge in [-0.15, -0.1) is 0 Å². The third kappa shape index (κ3) is 4.14. The molecular formula is C11H19NO3. The number of hydrogen-bond acceptors (Lipinski definition) is 2. The number of likely N-dealkylation sites (N-methyl/N-ethyl adjacent to an activating group) is 1. The van der Waals surface area contributed by atoms with Crippen LogP contribution >= 0.6 is 0 Å². The molecule has 0 atom stereocenters. The maximum atomic E-state index is 11.7. The molecule has 0 aromatic rings. The number of carbonyl (C=O) groups excluding carboxylic acids is 1. The molecule has 0 aromatic carbocycles. The maximum Gasteiger partial charge on any atom is 0.331 e. The Labute approximate surface area is 90.6 Å². The van der Waals surface area contributed by atoms with Crippen LogP contribution in [0.3, 0.4) is 0 Å². The first-order chi connectivity index (χ1) is 6.91. The second-order valence-corrected chi connectivity index (χ2v) is 3.64. The summed E-state index contributed by atoms with van der Waals surface area (Å²) in [6, 6.07) is 0. The van der Waals surface area contributed by atoms with Crippen LogP contribution < -0.4 is 0 Å². The molecule has 0 spiro atoms. The molecule has 0 aromatic heterocycles. The summed E-state index contributed by atoms with van der Waals surface area (Å²) in [6.07, 6.45) is 1.94. The van der Waals surface area contributed by atoms with Gasteiger partial charge < -0.3 is 10.0 Å². The fourth-order valence-electron chi connectivity index (χ4n) is 1.10. The predicted octanol–water partition coefficient (Wildman–Crippen LogP) is 1.67. The molecule has 0 saturated heterocycles. The highest BCUT2D eigenvalue weighted by Crippen LogP contribution is 2.07. The summed E-state index contributed by atoms with van der Waals surface area (Å²) in [4.78, 5) is 23.9. The van der Waals surface area contributed by atoms with E-state index in [-0.39, 0.29) is 11.5 Å². The third-order valence-electron chi connectivity index (χ3n) is 2.40. The molecule has 4 nitrogen and oxygen atoms in total. The lowest BCUT2D eigenvalue weighted by atomic mass is 10.1. The molecule has 0 fully saturated rings. The number of carboxylic acids is 1. The average molecular weight is 213 g/mol. The summed E-state index contributed by atoms with van der Waals surface area (Å²) in [7, 11) is 1.69. The monoisotopic (exact) mass is 213 g/mol. The molecule has 4 heteroatoms. The Hall–Kier alpha value is -1.32. The summed E-state index contributed by atoms with van der Waals surface area (Å²) in [6.45, 7) is 5.71. The molecule has 0 aliphatic rings. The largest absolute Gasteiger partial charge is 0.478 e. The van der Waals surface area contributed by atoms with E-state index in [1.807, 2.05) is 6.92 Å². The normalized spacial score (nSPS) is 12.0. The molecule has 0 aliphatic carbocycles. The van der Waals surface area contributed by atoms with Crippen molar-refractivity contribution in [2.75, 3.05) is 13.6 Å². The summed E-state index contributed by atoms with van der Waals surface area (Å²) < 4.78 is 0. The lowest BCUT2D eigenvalue weighted by Crippen LogP contribution is -2.29. The first-order valence-corrected chi connectivity index (χ1v) is 5.08. The highest BCUT2D eigenvalue weighted by molar-refractivity contribution is 6.01. The van der Waals surface area contributed by atoms with Gasteiger partial charge in [0.05, 0.1) is 0 Å². The summed E-state index contributed by atoms with van der Waals surface area (Å²) in [5.74, 6) is -1.24. The molecule has 0 aliphatic heterocycles. The van der Waals surface area contributed by atoms with Crippen molar-refractivity contribution in [3.05, 3.63) is 11.1 Å². The Bertz CT molecular complexity index is 282. The van der Waals surface area contributed by atoms with Gasteiger partial charge in [0.1, 0.15) is 0 Å². The first kappa shape index (κ1) is 13.7. The van der Waals surface area contributed by atoms with Crippen LogP contribution in [0.4, 0.5) is 0 Å². The lowest BCUT2D eigenvalue weighted by molar-refractivity contribution is -0.133. The molecule has 0 unspecified atom stereocenters. The van der Waals surface area contributed by atoms with Crippen molar-refractivity contribution in [1.82, 2.24) is 4.90 Å². The molecule has 86 valence electrons. The van der Waals surface area contributed by atoms with Crippen molar-refractivity contribution >= 4 is 11.9 Å². The van der Waals surface area contributed by atoms with Gasteiger partial charge >= 0.3 is 5.97 Å². The molecule has 0 saturated carbocycles. The molecular weight excluding hydrogens is 194 g/mol. The number of hydrogen-bond donors (Lipinski definition) is 1. The smallest absolute Gasteiger partial charge is 0.331 e. The quantitative estimate of drug-likeness (QED) is 0.707. The highest BCUT2D eigenvalue weighted by atomic mass is 16.4. The van der Waals surface area contributed by atoms with E-state index in [4.69, 9.17) is 5.11 Å². The minimum Gasteiger partial charge on any atom is -0.478 e. The second-order valence-electron chi connectivity index (χ2n) is 3.64. The number of rotatable bonds is 5. The Morgan fingerprint density at radius 2 is 1.73 bits per heavy atom. The van der Waals surface area contributed by atoms with Gasteiger partial charge in [0, 0.05) is 24.7 Å². The lowest BCUT2D eigenvalue weighted by Gasteiger charge is -2.17. The van der Waals surface area contributed by atoms with Gasteiger partial charge in [-0.3, -0.25) is 4.79 Å². The van der Waals surface area contributed by atoms with Gasteiger partial charge in [-0.25, -0.2) is 4.79 Å². The molecule has 0 radical (unpaired) electrons. The number of aliphatic carboxylic acids is 1. The summed E-state index contributed by atoms with van der Waals surface area (Å²) in [5.41, 5.74) is 0.421. The Kier molecular flexibility index (Phi) is 5.67. The van der Waals surface area contributed by atoms with E-state index in [9.17, 15) is 9.59 Å². The van der Waals surface area contributed by atoms with Gasteiger partial charge in [0.15, 0.2) is 0 Å². The molecule has 0 rings (SSSR count). The molecule has 1 amide bonds. The van der Waals surface area contributed by atoms with E-state index in [0.717, 1.165) is 12.8 Å². The van der Waals surface area contributed by atoms with Crippen LogP contribution in [0.25, 0.3) is 0 Å². The summed E-state index contributed by atoms with van der Waals surface area (Å²) >= 11 is 0. The molecule has 0 bridgehead atoms. The van der Waals surface area contributed by atoms with Crippen LogP contribution in [0.1, 0.15) is 33.6 Å². The standard InChI is InChI=1S/C11H19NO3/c1-5-6-7-12(4)10(13)8(2)9(3)11(14)15/h5-7H2,1-4H3,(H,14,15). The number of unbranched alkanes of at least 4 members (excludes halogenated alkanes) is 1. The maximum absolute atomic E-state index is 11.7. The van der Waals surface area contributed by atoms with E-state index in [1.165, 1.54) is 6.92 Å². The van der Waals surface area contributed by atoms with Crippen molar-refractivity contribution in [3.63, 3.8) is 0 Å². The van der Waals surface area contributed by atoms with Crippen LogP contribution in [0, 0.1) is 0 Å². The van der Waals surface area contributed by atoms with Crippen LogP contribution in [-0.4, -0.2) is 35.5 Å². The van der Waals surface area contributed by atoms with Crippen molar-refractivity contribution in [2.24, 2.45) is 0 Å². The minimum absolute atomic E-state index is 0.114. The number of amides is 1.